The van der Waals surface area contributed by atoms with Crippen LogP contribution in [-0.4, -0.2) is 22.6 Å². The van der Waals surface area contributed by atoms with E-state index in [1.807, 2.05) is 0 Å². The fourth-order valence-electron chi connectivity index (χ4n) is 2.40. The van der Waals surface area contributed by atoms with Gasteiger partial charge in [0, 0.05) is 25.8 Å². The molecule has 1 N–H and O–H groups in total. The highest BCUT2D eigenvalue weighted by Crippen LogP contribution is 2.30. The summed E-state index contributed by atoms with van der Waals surface area (Å²) >= 11 is 0. The van der Waals surface area contributed by atoms with E-state index in [1.165, 1.54) is 39.0 Å². The molecule has 1 aliphatic rings. The third-order valence-corrected chi connectivity index (χ3v) is 3.40. The second kappa shape index (κ2) is 6.52. The molecule has 0 aromatic carbocycles. The SMILES string of the molecule is CC(=O)NCCCc1nc(C2CCCCC2)no1. The molecule has 1 aromatic heterocycles. The Morgan fingerprint density at radius 2 is 2.17 bits per heavy atom. The van der Waals surface area contributed by atoms with Gasteiger partial charge in [-0.3, -0.25) is 4.79 Å². The van der Waals surface area contributed by atoms with Gasteiger partial charge in [-0.05, 0) is 19.3 Å². The van der Waals surface area contributed by atoms with E-state index in [4.69, 9.17) is 4.52 Å². The molecule has 2 rings (SSSR count). The molecule has 1 aliphatic carbocycles. The zero-order chi connectivity index (χ0) is 12.8. The number of carbonyl (C=O) groups excluding carboxylic acids is 1. The molecule has 0 unspecified atom stereocenters. The first-order valence-electron chi connectivity index (χ1n) is 6.82. The van der Waals surface area contributed by atoms with Gasteiger partial charge in [-0.2, -0.15) is 4.98 Å². The van der Waals surface area contributed by atoms with Crippen molar-refractivity contribution in [2.75, 3.05) is 6.54 Å². The zero-order valence-electron chi connectivity index (χ0n) is 10.9. The highest BCUT2D eigenvalue weighted by Gasteiger charge is 2.20. The Bertz CT molecular complexity index is 383. The predicted molar refractivity (Wildman–Crippen MR) is 67.1 cm³/mol. The molecule has 0 aliphatic heterocycles. The van der Waals surface area contributed by atoms with Crippen LogP contribution < -0.4 is 5.32 Å². The molecule has 0 saturated heterocycles. The topological polar surface area (TPSA) is 68.0 Å². The summed E-state index contributed by atoms with van der Waals surface area (Å²) in [5.74, 6) is 2.07. The van der Waals surface area contributed by atoms with Gasteiger partial charge in [0.25, 0.3) is 0 Å². The molecule has 0 radical (unpaired) electrons. The minimum atomic E-state index is 0.00317. The van der Waals surface area contributed by atoms with Crippen molar-refractivity contribution in [2.45, 2.75) is 57.8 Å². The molecule has 5 heteroatoms. The molecule has 5 nitrogen and oxygen atoms in total. The van der Waals surface area contributed by atoms with Crippen molar-refractivity contribution in [3.8, 4) is 0 Å². The number of carbonyl (C=O) groups is 1. The van der Waals surface area contributed by atoms with Crippen molar-refractivity contribution >= 4 is 5.91 Å². The number of hydrogen-bond donors (Lipinski definition) is 1. The summed E-state index contributed by atoms with van der Waals surface area (Å²) in [5, 5.41) is 6.84. The summed E-state index contributed by atoms with van der Waals surface area (Å²) in [4.78, 5) is 15.2. The average molecular weight is 251 g/mol. The molecule has 1 aromatic rings. The Morgan fingerprint density at radius 1 is 1.39 bits per heavy atom. The van der Waals surface area contributed by atoms with Crippen molar-refractivity contribution in [1.82, 2.24) is 15.5 Å². The maximum atomic E-state index is 10.7. The van der Waals surface area contributed by atoms with E-state index in [0.717, 1.165) is 18.7 Å². The van der Waals surface area contributed by atoms with Crippen LogP contribution >= 0.6 is 0 Å². The summed E-state index contributed by atoms with van der Waals surface area (Å²) < 4.78 is 5.25. The summed E-state index contributed by atoms with van der Waals surface area (Å²) in [7, 11) is 0. The van der Waals surface area contributed by atoms with Crippen LogP contribution in [0.15, 0.2) is 4.52 Å². The Kier molecular flexibility index (Phi) is 4.73. The van der Waals surface area contributed by atoms with Crippen LogP contribution in [0.4, 0.5) is 0 Å². The second-order valence-corrected chi connectivity index (χ2v) is 4.97. The maximum Gasteiger partial charge on any atom is 0.226 e. The Morgan fingerprint density at radius 3 is 2.89 bits per heavy atom. The molecule has 0 bridgehead atoms. The van der Waals surface area contributed by atoms with Gasteiger partial charge in [0.1, 0.15) is 0 Å². The van der Waals surface area contributed by atoms with E-state index in [1.54, 1.807) is 0 Å². The first-order valence-corrected chi connectivity index (χ1v) is 6.82. The maximum absolute atomic E-state index is 10.7. The number of amides is 1. The molecule has 100 valence electrons. The molecule has 1 heterocycles. The number of aryl methyl sites for hydroxylation is 1. The highest BCUT2D eigenvalue weighted by atomic mass is 16.5. The number of nitrogens with one attached hydrogen (secondary N) is 1. The van der Waals surface area contributed by atoms with Crippen LogP contribution in [0.25, 0.3) is 0 Å². The first kappa shape index (κ1) is 13.1. The van der Waals surface area contributed by atoms with Gasteiger partial charge in [0.05, 0.1) is 0 Å². The van der Waals surface area contributed by atoms with Crippen LogP contribution in [0.2, 0.25) is 0 Å². The average Bonchev–Trinajstić information content (AvgIpc) is 2.84. The molecule has 18 heavy (non-hydrogen) atoms. The van der Waals surface area contributed by atoms with Crippen molar-refractivity contribution < 1.29 is 9.32 Å². The molecule has 0 atom stereocenters. The summed E-state index contributed by atoms with van der Waals surface area (Å²) in [6.07, 6.45) is 7.83. The third-order valence-electron chi connectivity index (χ3n) is 3.40. The van der Waals surface area contributed by atoms with E-state index in [9.17, 15) is 4.79 Å². The van der Waals surface area contributed by atoms with Crippen LogP contribution in [0.1, 0.15) is 63.1 Å². The zero-order valence-corrected chi connectivity index (χ0v) is 10.9. The quantitative estimate of drug-likeness (QED) is 0.814. The predicted octanol–water partition coefficient (Wildman–Crippen LogP) is 2.19. The van der Waals surface area contributed by atoms with Crippen molar-refractivity contribution in [3.05, 3.63) is 11.7 Å². The number of nitrogens with zero attached hydrogens (tertiary/aromatic N) is 2. The van der Waals surface area contributed by atoms with Gasteiger partial charge in [-0.25, -0.2) is 0 Å². The molecule has 0 spiro atoms. The van der Waals surface area contributed by atoms with Crippen molar-refractivity contribution in [2.24, 2.45) is 0 Å². The largest absolute Gasteiger partial charge is 0.356 e. The molecular formula is C13H21N3O2. The lowest BCUT2D eigenvalue weighted by molar-refractivity contribution is -0.118. The summed E-state index contributed by atoms with van der Waals surface area (Å²) in [5.41, 5.74) is 0. The van der Waals surface area contributed by atoms with Gasteiger partial charge in [-0.15, -0.1) is 0 Å². The van der Waals surface area contributed by atoms with Gasteiger partial charge in [-0.1, -0.05) is 24.4 Å². The standard InChI is InChI=1S/C13H21N3O2/c1-10(17)14-9-5-8-12-15-13(16-18-12)11-6-3-2-4-7-11/h11H,2-9H2,1H3,(H,14,17). The van der Waals surface area contributed by atoms with E-state index in [0.29, 0.717) is 18.4 Å². The van der Waals surface area contributed by atoms with Crippen molar-refractivity contribution in [1.29, 1.82) is 0 Å². The lowest BCUT2D eigenvalue weighted by Gasteiger charge is -2.17. The Hall–Kier alpha value is -1.39. The fourth-order valence-corrected chi connectivity index (χ4v) is 2.40. The number of aromatic nitrogens is 2. The molecule has 1 amide bonds. The van der Waals surface area contributed by atoms with E-state index >= 15 is 0 Å². The summed E-state index contributed by atoms with van der Waals surface area (Å²) in [6, 6.07) is 0. The van der Waals surface area contributed by atoms with Gasteiger partial charge < -0.3 is 9.84 Å². The number of rotatable bonds is 5. The first-order chi connectivity index (χ1) is 8.75. The van der Waals surface area contributed by atoms with Gasteiger partial charge in [0.2, 0.25) is 11.8 Å². The summed E-state index contributed by atoms with van der Waals surface area (Å²) in [6.45, 7) is 2.18. The molecule has 1 fully saturated rings. The van der Waals surface area contributed by atoms with Crippen LogP contribution in [0, 0.1) is 0 Å². The fraction of sp³-hybridized carbons (Fsp3) is 0.769. The second-order valence-electron chi connectivity index (χ2n) is 4.97. The van der Waals surface area contributed by atoms with Gasteiger partial charge >= 0.3 is 0 Å². The van der Waals surface area contributed by atoms with Gasteiger partial charge in [0.15, 0.2) is 5.82 Å². The Balaban J connectivity index is 1.76. The minimum absolute atomic E-state index is 0.00317. The van der Waals surface area contributed by atoms with Crippen LogP contribution in [0.3, 0.4) is 0 Å². The minimum Gasteiger partial charge on any atom is -0.356 e. The Labute approximate surface area is 107 Å². The van der Waals surface area contributed by atoms with E-state index in [-0.39, 0.29) is 5.91 Å². The lowest BCUT2D eigenvalue weighted by atomic mass is 9.89. The smallest absolute Gasteiger partial charge is 0.226 e. The van der Waals surface area contributed by atoms with E-state index < -0.39 is 0 Å². The van der Waals surface area contributed by atoms with E-state index in [2.05, 4.69) is 15.5 Å². The van der Waals surface area contributed by atoms with Crippen LogP contribution in [0.5, 0.6) is 0 Å². The molecule has 1 saturated carbocycles. The highest BCUT2D eigenvalue weighted by molar-refractivity contribution is 5.72. The number of hydrogen-bond acceptors (Lipinski definition) is 4. The normalized spacial score (nSPS) is 16.7. The lowest BCUT2D eigenvalue weighted by Crippen LogP contribution is -2.21. The van der Waals surface area contributed by atoms with Crippen LogP contribution in [-0.2, 0) is 11.2 Å². The molecular weight excluding hydrogens is 230 g/mol. The monoisotopic (exact) mass is 251 g/mol. The third kappa shape index (κ3) is 3.82. The van der Waals surface area contributed by atoms with Crippen molar-refractivity contribution in [3.63, 3.8) is 0 Å².